The highest BCUT2D eigenvalue weighted by molar-refractivity contribution is 7.89. The first-order valence-corrected chi connectivity index (χ1v) is 15.1. The van der Waals surface area contributed by atoms with Gasteiger partial charge in [0.05, 0.1) is 19.0 Å². The van der Waals surface area contributed by atoms with Gasteiger partial charge < -0.3 is 15.4 Å². The monoisotopic (exact) mass is 533 g/mol. The molecule has 2 heterocycles. The van der Waals surface area contributed by atoms with Gasteiger partial charge in [-0.25, -0.2) is 8.42 Å². The third kappa shape index (κ3) is 7.59. The van der Waals surface area contributed by atoms with Crippen molar-refractivity contribution in [2.75, 3.05) is 62.3 Å². The van der Waals surface area contributed by atoms with Crippen LogP contribution in [-0.2, 0) is 14.8 Å². The van der Waals surface area contributed by atoms with E-state index in [1.165, 1.54) is 0 Å². The molecule has 11 heteroatoms. The molecule has 2 aliphatic rings. The summed E-state index contributed by atoms with van der Waals surface area (Å²) in [5, 5.41) is 6.02. The highest BCUT2D eigenvalue weighted by atomic mass is 32.2. The third-order valence-electron chi connectivity index (χ3n) is 7.29. The number of aromatic nitrogens is 1. The number of nitrogens with zero attached hydrogens (tertiary/aromatic N) is 3. The van der Waals surface area contributed by atoms with E-state index < -0.39 is 20.9 Å². The number of sulfonamides is 1. The fraction of sp³-hybridized carbons (Fsp3) is 0.654. The molecule has 0 atom stereocenters. The van der Waals surface area contributed by atoms with Crippen LogP contribution in [-0.4, -0.2) is 80.3 Å². The first-order valence-electron chi connectivity index (χ1n) is 13.5. The summed E-state index contributed by atoms with van der Waals surface area (Å²) in [5.41, 5.74) is 0.187. The lowest BCUT2D eigenvalue weighted by atomic mass is 10.1. The molecule has 0 amide bonds. The molecule has 1 aliphatic carbocycles. The van der Waals surface area contributed by atoms with Gasteiger partial charge in [-0.05, 0) is 50.8 Å². The molecule has 1 aliphatic heterocycles. The molecule has 1 saturated carbocycles. The highest BCUT2D eigenvalue weighted by Gasteiger charge is 2.31. The second-order valence-corrected chi connectivity index (χ2v) is 12.0. The number of pyridine rings is 1. The Balaban J connectivity index is 1.20. The van der Waals surface area contributed by atoms with Crippen molar-refractivity contribution in [1.82, 2.24) is 14.2 Å². The molecule has 10 nitrogen and oxygen atoms in total. The molecule has 2 aromatic rings. The van der Waals surface area contributed by atoms with Gasteiger partial charge in [0.25, 0.3) is 10.9 Å². The van der Waals surface area contributed by atoms with Gasteiger partial charge in [0.2, 0.25) is 10.0 Å². The maximum atomic E-state index is 13.3. The molecular weight excluding hydrogens is 494 g/mol. The number of ether oxygens (including phenoxy) is 1. The number of anilines is 3. The van der Waals surface area contributed by atoms with E-state index in [2.05, 4.69) is 20.5 Å². The molecule has 0 radical (unpaired) electrons. The van der Waals surface area contributed by atoms with Crippen LogP contribution in [0.1, 0.15) is 51.4 Å². The first kappa shape index (κ1) is 27.7. The van der Waals surface area contributed by atoms with Crippen molar-refractivity contribution in [3.05, 3.63) is 45.0 Å². The molecule has 0 spiro atoms. The number of hydrogen-bond acceptors (Lipinski definition) is 9. The Morgan fingerprint density at radius 3 is 2.41 bits per heavy atom. The van der Waals surface area contributed by atoms with E-state index in [-0.39, 0.29) is 17.5 Å². The molecule has 0 unspecified atom stereocenters. The summed E-state index contributed by atoms with van der Waals surface area (Å²) in [6, 6.07) is 3.58. The van der Waals surface area contributed by atoms with Gasteiger partial charge >= 0.3 is 0 Å². The zero-order chi connectivity index (χ0) is 26.1. The minimum Gasteiger partial charge on any atom is -0.380 e. The predicted molar refractivity (Wildman–Crippen MR) is 146 cm³/mol. The van der Waals surface area contributed by atoms with E-state index in [0.29, 0.717) is 37.3 Å². The van der Waals surface area contributed by atoms with E-state index >= 15 is 0 Å². The third-order valence-corrected chi connectivity index (χ3v) is 9.29. The highest BCUT2D eigenvalue weighted by Crippen LogP contribution is 2.27. The first-order chi connectivity index (χ1) is 18.0. The molecule has 1 aromatic carbocycles. The van der Waals surface area contributed by atoms with Crippen LogP contribution < -0.4 is 21.5 Å². The van der Waals surface area contributed by atoms with Crippen molar-refractivity contribution in [2.45, 2.75) is 57.4 Å². The van der Waals surface area contributed by atoms with Crippen LogP contribution in [0, 0.1) is 0 Å². The summed E-state index contributed by atoms with van der Waals surface area (Å²) in [4.78, 5) is 30.2. The van der Waals surface area contributed by atoms with Crippen LogP contribution in [0.3, 0.4) is 0 Å². The van der Waals surface area contributed by atoms with Crippen LogP contribution in [0.15, 0.2) is 34.1 Å². The Kier molecular flexibility index (Phi) is 10.1. The van der Waals surface area contributed by atoms with E-state index in [0.717, 1.165) is 71.4 Å². The summed E-state index contributed by atoms with van der Waals surface area (Å²) in [6.07, 6.45) is 10.2. The van der Waals surface area contributed by atoms with Crippen molar-refractivity contribution in [3.8, 4) is 0 Å². The van der Waals surface area contributed by atoms with Gasteiger partial charge in [-0.15, -0.1) is 0 Å². The predicted octanol–water partition coefficient (Wildman–Crippen LogP) is 2.30. The van der Waals surface area contributed by atoms with Crippen molar-refractivity contribution in [3.63, 3.8) is 0 Å². The number of unbranched alkanes of at least 4 members (excludes halogenated alkanes) is 2. The van der Waals surface area contributed by atoms with E-state index in [1.807, 2.05) is 0 Å². The van der Waals surface area contributed by atoms with E-state index in [4.69, 9.17) is 4.74 Å². The Morgan fingerprint density at radius 1 is 0.973 bits per heavy atom. The van der Waals surface area contributed by atoms with Crippen molar-refractivity contribution < 1.29 is 13.2 Å². The van der Waals surface area contributed by atoms with Crippen LogP contribution in [0.25, 0.3) is 0 Å². The van der Waals surface area contributed by atoms with Gasteiger partial charge in [0.1, 0.15) is 11.4 Å². The molecule has 2 fully saturated rings. The van der Waals surface area contributed by atoms with Crippen LogP contribution in [0.4, 0.5) is 17.1 Å². The summed E-state index contributed by atoms with van der Waals surface area (Å²) in [5.74, 6) is 0.149. The van der Waals surface area contributed by atoms with Crippen LogP contribution in [0.2, 0.25) is 0 Å². The fourth-order valence-electron chi connectivity index (χ4n) is 5.19. The molecule has 0 bridgehead atoms. The number of nitrogens with one attached hydrogen (secondary N) is 2. The average Bonchev–Trinajstić information content (AvgIpc) is 3.45. The standard InChI is InChI=1S/C26H39N5O5S/c32-25-23(24(26(25)33)29-21-9-12-27-13-10-21)28-11-4-1-5-20-37(34,35)31(22-7-2-3-8-22)15-6-14-30-16-18-36-19-17-30/h9-10,12-13,22,28H,1-8,11,14-20H2,(H,27,29). The summed E-state index contributed by atoms with van der Waals surface area (Å²) >= 11 is 0. The molecule has 1 aromatic heterocycles. The fourth-order valence-corrected chi connectivity index (χ4v) is 7.07. The molecule has 37 heavy (non-hydrogen) atoms. The van der Waals surface area contributed by atoms with Crippen molar-refractivity contribution in [1.29, 1.82) is 0 Å². The smallest absolute Gasteiger partial charge is 0.253 e. The SMILES string of the molecule is O=c1c(NCCCCCS(=O)(=O)N(CCCN2CCOCC2)C2CCCC2)c(Nc2ccncc2)c1=O. The maximum absolute atomic E-state index is 13.3. The number of hydrogen-bond donors (Lipinski definition) is 2. The van der Waals surface area contributed by atoms with E-state index in [9.17, 15) is 18.0 Å². The lowest BCUT2D eigenvalue weighted by Crippen LogP contribution is -2.43. The minimum atomic E-state index is -3.32. The second kappa shape index (κ2) is 13.5. The lowest BCUT2D eigenvalue weighted by molar-refractivity contribution is 0.0366. The van der Waals surface area contributed by atoms with Gasteiger partial charge in [-0.3, -0.25) is 19.5 Å². The van der Waals surface area contributed by atoms with Gasteiger partial charge in [-0.2, -0.15) is 4.31 Å². The van der Waals surface area contributed by atoms with Gasteiger partial charge in [0, 0.05) is 50.3 Å². The average molecular weight is 534 g/mol. The topological polar surface area (TPSA) is 121 Å². The lowest BCUT2D eigenvalue weighted by Gasteiger charge is -2.30. The Labute approximate surface area is 219 Å². The molecule has 1 saturated heterocycles. The van der Waals surface area contributed by atoms with Crippen molar-refractivity contribution in [2.24, 2.45) is 0 Å². The molecular formula is C26H39N5O5S. The maximum Gasteiger partial charge on any atom is 0.253 e. The number of rotatable bonds is 15. The van der Waals surface area contributed by atoms with E-state index in [1.54, 1.807) is 28.8 Å². The molecule has 2 N–H and O–H groups in total. The Hall–Kier alpha value is -2.34. The minimum absolute atomic E-state index is 0.136. The van der Waals surface area contributed by atoms with Crippen LogP contribution >= 0.6 is 0 Å². The largest absolute Gasteiger partial charge is 0.380 e. The summed E-state index contributed by atoms with van der Waals surface area (Å²) in [6.45, 7) is 5.34. The van der Waals surface area contributed by atoms with Gasteiger partial charge in [-0.1, -0.05) is 19.3 Å². The quantitative estimate of drug-likeness (QED) is 0.262. The van der Waals surface area contributed by atoms with Gasteiger partial charge in [0.15, 0.2) is 0 Å². The van der Waals surface area contributed by atoms with Crippen LogP contribution in [0.5, 0.6) is 0 Å². The zero-order valence-electron chi connectivity index (χ0n) is 21.5. The Morgan fingerprint density at radius 2 is 1.68 bits per heavy atom. The number of morpholine rings is 1. The zero-order valence-corrected chi connectivity index (χ0v) is 22.3. The summed E-state index contributed by atoms with van der Waals surface area (Å²) < 4.78 is 33.7. The second-order valence-electron chi connectivity index (χ2n) is 9.93. The molecule has 4 rings (SSSR count). The summed E-state index contributed by atoms with van der Waals surface area (Å²) in [7, 11) is -3.32. The van der Waals surface area contributed by atoms with Crippen molar-refractivity contribution >= 4 is 27.1 Å². The Bertz CT molecular complexity index is 1150. The molecule has 204 valence electrons. The normalized spacial score (nSPS) is 17.5.